The Morgan fingerprint density at radius 1 is 1.22 bits per heavy atom. The van der Waals surface area contributed by atoms with Gasteiger partial charge in [0.15, 0.2) is 9.84 Å². The van der Waals surface area contributed by atoms with E-state index in [0.29, 0.717) is 4.90 Å². The van der Waals surface area contributed by atoms with Gasteiger partial charge in [-0.2, -0.15) is 4.99 Å². The second kappa shape index (κ2) is 4.34. The van der Waals surface area contributed by atoms with Crippen LogP contribution in [-0.2, 0) is 20.2 Å². The van der Waals surface area contributed by atoms with E-state index in [1.165, 1.54) is 0 Å². The van der Waals surface area contributed by atoms with Crippen molar-refractivity contribution in [1.29, 1.82) is 0 Å². The van der Waals surface area contributed by atoms with E-state index in [-0.39, 0.29) is 0 Å². The van der Waals surface area contributed by atoms with Crippen molar-refractivity contribution in [3.05, 3.63) is 29.8 Å². The highest BCUT2D eigenvalue weighted by atomic mass is 32.2. The molecule has 0 amide bonds. The molecule has 0 aliphatic heterocycles. The van der Waals surface area contributed by atoms with Crippen LogP contribution < -0.4 is 0 Å². The third-order valence-electron chi connectivity index (χ3n) is 3.32. The highest BCUT2D eigenvalue weighted by Crippen LogP contribution is 2.49. The number of isocyanates is 1. The van der Waals surface area contributed by atoms with Gasteiger partial charge in [-0.3, -0.25) is 0 Å². The van der Waals surface area contributed by atoms with E-state index >= 15 is 0 Å². The molecule has 1 saturated carbocycles. The molecule has 1 aromatic rings. The lowest BCUT2D eigenvalue weighted by Crippen LogP contribution is -2.14. The smallest absolute Gasteiger partial charge is 0.223 e. The summed E-state index contributed by atoms with van der Waals surface area (Å²) >= 11 is 0. The van der Waals surface area contributed by atoms with E-state index in [1.807, 2.05) is 0 Å². The summed E-state index contributed by atoms with van der Waals surface area (Å²) in [4.78, 5) is 14.5. The van der Waals surface area contributed by atoms with Crippen molar-refractivity contribution in [2.24, 2.45) is 4.99 Å². The van der Waals surface area contributed by atoms with Crippen molar-refractivity contribution in [2.45, 2.75) is 42.4 Å². The van der Waals surface area contributed by atoms with Gasteiger partial charge in [-0.1, -0.05) is 12.1 Å². The maximum Gasteiger partial charge on any atom is 0.235 e. The molecule has 1 fully saturated rings. The van der Waals surface area contributed by atoms with E-state index < -0.39 is 20.6 Å². The Morgan fingerprint density at radius 2 is 1.78 bits per heavy atom. The molecule has 0 spiro atoms. The predicted molar refractivity (Wildman–Crippen MR) is 67.8 cm³/mol. The van der Waals surface area contributed by atoms with Crippen molar-refractivity contribution in [1.82, 2.24) is 0 Å². The standard InChI is InChI=1S/C13H15NO3S/c1-10(2)18(16,17)12-5-3-11(4-6-12)13(7-8-13)14-9-15/h3-6,10H,7-8H2,1-2H3. The predicted octanol–water partition coefficient (Wildman–Crippen LogP) is 2.19. The molecule has 4 nitrogen and oxygen atoms in total. The Morgan fingerprint density at radius 3 is 2.17 bits per heavy atom. The fourth-order valence-corrected chi connectivity index (χ4v) is 2.96. The average Bonchev–Trinajstić information content (AvgIpc) is 3.10. The molecule has 18 heavy (non-hydrogen) atoms. The molecule has 0 N–H and O–H groups in total. The van der Waals surface area contributed by atoms with Crippen LogP contribution >= 0.6 is 0 Å². The van der Waals surface area contributed by atoms with Crippen molar-refractivity contribution in [2.75, 3.05) is 0 Å². The van der Waals surface area contributed by atoms with Gasteiger partial charge < -0.3 is 0 Å². The van der Waals surface area contributed by atoms with Gasteiger partial charge in [0.1, 0.15) is 0 Å². The maximum absolute atomic E-state index is 11.9. The molecule has 96 valence electrons. The summed E-state index contributed by atoms with van der Waals surface area (Å²) in [6.07, 6.45) is 3.22. The summed E-state index contributed by atoms with van der Waals surface area (Å²) in [6.45, 7) is 3.31. The molecule has 2 rings (SSSR count). The lowest BCUT2D eigenvalue weighted by molar-refractivity contribution is 0.556. The van der Waals surface area contributed by atoms with Gasteiger partial charge in [-0.05, 0) is 44.4 Å². The third kappa shape index (κ3) is 2.11. The molecule has 5 heteroatoms. The Labute approximate surface area is 107 Å². The first-order chi connectivity index (χ1) is 8.42. The van der Waals surface area contributed by atoms with E-state index in [4.69, 9.17) is 0 Å². The molecule has 1 aliphatic rings. The number of nitrogens with zero attached hydrogens (tertiary/aromatic N) is 1. The lowest BCUT2D eigenvalue weighted by atomic mass is 10.1. The van der Waals surface area contributed by atoms with Crippen LogP contribution in [-0.4, -0.2) is 19.7 Å². The van der Waals surface area contributed by atoms with E-state index in [0.717, 1.165) is 18.4 Å². The molecule has 0 saturated heterocycles. The van der Waals surface area contributed by atoms with Crippen LogP contribution in [0.25, 0.3) is 0 Å². The van der Waals surface area contributed by atoms with E-state index in [9.17, 15) is 13.2 Å². The molecule has 0 unspecified atom stereocenters. The highest BCUT2D eigenvalue weighted by Gasteiger charge is 2.44. The maximum atomic E-state index is 11.9. The second-order valence-corrected chi connectivity index (χ2v) is 7.36. The zero-order chi connectivity index (χ0) is 13.4. The van der Waals surface area contributed by atoms with Crippen LogP contribution in [0.3, 0.4) is 0 Å². The van der Waals surface area contributed by atoms with Crippen LogP contribution in [0, 0.1) is 0 Å². The molecule has 1 aromatic carbocycles. The van der Waals surface area contributed by atoms with Crippen molar-refractivity contribution in [3.63, 3.8) is 0 Å². The van der Waals surface area contributed by atoms with Crippen molar-refractivity contribution >= 4 is 15.9 Å². The first-order valence-corrected chi connectivity index (χ1v) is 7.40. The minimum absolute atomic E-state index is 0.312. The number of sulfone groups is 1. The summed E-state index contributed by atoms with van der Waals surface area (Å²) in [7, 11) is -3.24. The van der Waals surface area contributed by atoms with Gasteiger partial charge in [0, 0.05) is 0 Å². The average molecular weight is 265 g/mol. The number of rotatable bonds is 4. The highest BCUT2D eigenvalue weighted by molar-refractivity contribution is 7.92. The van der Waals surface area contributed by atoms with Crippen molar-refractivity contribution in [3.8, 4) is 0 Å². The van der Waals surface area contributed by atoms with Gasteiger partial charge in [-0.15, -0.1) is 0 Å². The zero-order valence-corrected chi connectivity index (χ0v) is 11.2. The number of aliphatic imine (C=N–C) groups is 1. The molecule has 0 aromatic heterocycles. The largest absolute Gasteiger partial charge is 0.235 e. The van der Waals surface area contributed by atoms with Crippen LogP contribution in [0.1, 0.15) is 32.3 Å². The van der Waals surface area contributed by atoms with E-state index in [2.05, 4.69) is 4.99 Å². The molecular weight excluding hydrogens is 250 g/mol. The van der Waals surface area contributed by atoms with Gasteiger partial charge in [0.25, 0.3) is 0 Å². The molecule has 1 aliphatic carbocycles. The quantitative estimate of drug-likeness (QED) is 0.619. The Balaban J connectivity index is 2.35. The summed E-state index contributed by atoms with van der Waals surface area (Å²) < 4.78 is 23.9. The first kappa shape index (κ1) is 13.0. The minimum Gasteiger partial charge on any atom is -0.223 e. The molecule has 0 heterocycles. The summed E-state index contributed by atoms with van der Waals surface area (Å²) in [5.74, 6) is 0. The molecule has 0 atom stereocenters. The van der Waals surface area contributed by atoms with E-state index in [1.54, 1.807) is 44.2 Å². The Kier molecular flexibility index (Phi) is 3.13. The van der Waals surface area contributed by atoms with Crippen LogP contribution in [0.2, 0.25) is 0 Å². The second-order valence-electron chi connectivity index (χ2n) is 4.85. The minimum atomic E-state index is -3.24. The Hall–Kier alpha value is -1.45. The normalized spacial score (nSPS) is 17.3. The molecular formula is C13H15NO3S. The number of carbonyl (C=O) groups excluding carboxylic acids is 1. The van der Waals surface area contributed by atoms with Gasteiger partial charge in [0.2, 0.25) is 6.08 Å². The number of hydrogen-bond donors (Lipinski definition) is 0. The fraction of sp³-hybridized carbons (Fsp3) is 0.462. The van der Waals surface area contributed by atoms with Gasteiger partial charge in [0.05, 0.1) is 15.7 Å². The fourth-order valence-electron chi connectivity index (χ4n) is 1.90. The van der Waals surface area contributed by atoms with Gasteiger partial charge in [-0.25, -0.2) is 13.2 Å². The van der Waals surface area contributed by atoms with Crippen LogP contribution in [0.5, 0.6) is 0 Å². The number of hydrogen-bond acceptors (Lipinski definition) is 4. The van der Waals surface area contributed by atoms with Gasteiger partial charge >= 0.3 is 0 Å². The first-order valence-electron chi connectivity index (χ1n) is 5.86. The van der Waals surface area contributed by atoms with Crippen molar-refractivity contribution < 1.29 is 13.2 Å². The SMILES string of the molecule is CC(C)S(=O)(=O)c1ccc(C2(N=C=O)CC2)cc1. The topological polar surface area (TPSA) is 63.6 Å². The molecule has 0 radical (unpaired) electrons. The summed E-state index contributed by atoms with van der Waals surface area (Å²) in [5.41, 5.74) is 0.440. The van der Waals surface area contributed by atoms with Crippen LogP contribution in [0.15, 0.2) is 34.2 Å². The van der Waals surface area contributed by atoms with Crippen LogP contribution in [0.4, 0.5) is 0 Å². The Bertz CT molecular complexity index is 592. The number of benzene rings is 1. The third-order valence-corrected chi connectivity index (χ3v) is 5.49. The molecule has 0 bridgehead atoms. The summed E-state index contributed by atoms with van der Waals surface area (Å²) in [6, 6.07) is 6.66. The monoisotopic (exact) mass is 265 g/mol. The summed E-state index contributed by atoms with van der Waals surface area (Å²) in [5, 5.41) is -0.439. The zero-order valence-electron chi connectivity index (χ0n) is 10.4. The lowest BCUT2D eigenvalue weighted by Gasteiger charge is -2.11.